The summed E-state index contributed by atoms with van der Waals surface area (Å²) in [6.07, 6.45) is 0.953. The lowest BCUT2D eigenvalue weighted by molar-refractivity contribution is -0.146. The Hall–Kier alpha value is -3.22. The fourth-order valence-corrected chi connectivity index (χ4v) is 4.66. The van der Waals surface area contributed by atoms with Gasteiger partial charge in [0.1, 0.15) is 6.61 Å². The molecule has 4 rings (SSSR count). The number of hydrogen-bond donors (Lipinski definition) is 1. The maximum atomic E-state index is 12.3. The van der Waals surface area contributed by atoms with E-state index in [0.29, 0.717) is 13.2 Å². The van der Waals surface area contributed by atoms with Gasteiger partial charge in [0.05, 0.1) is 6.54 Å². The molecule has 182 valence electrons. The molecule has 0 bridgehead atoms. The number of esters is 1. The van der Waals surface area contributed by atoms with E-state index >= 15 is 0 Å². The van der Waals surface area contributed by atoms with Crippen LogP contribution >= 0.6 is 12.2 Å². The molecule has 1 heterocycles. The summed E-state index contributed by atoms with van der Waals surface area (Å²) in [7, 11) is 0. The molecule has 0 saturated carbocycles. The van der Waals surface area contributed by atoms with Gasteiger partial charge in [-0.3, -0.25) is 9.69 Å². The van der Waals surface area contributed by atoms with Crippen molar-refractivity contribution in [2.45, 2.75) is 18.9 Å². The van der Waals surface area contributed by atoms with Crippen molar-refractivity contribution in [3.63, 3.8) is 0 Å². The molecule has 0 amide bonds. The molecule has 0 spiro atoms. The summed E-state index contributed by atoms with van der Waals surface area (Å²) in [6, 6.07) is 30.9. The van der Waals surface area contributed by atoms with Gasteiger partial charge in [0.2, 0.25) is 0 Å². The summed E-state index contributed by atoms with van der Waals surface area (Å²) in [5, 5.41) is 4.29. The summed E-state index contributed by atoms with van der Waals surface area (Å²) < 4.78 is 5.46. The third-order valence-electron chi connectivity index (χ3n) is 6.33. The second kappa shape index (κ2) is 13.0. The van der Waals surface area contributed by atoms with Crippen LogP contribution in [0.1, 0.15) is 29.0 Å². The molecule has 1 aliphatic rings. The van der Waals surface area contributed by atoms with Crippen molar-refractivity contribution < 1.29 is 9.53 Å². The van der Waals surface area contributed by atoms with Gasteiger partial charge in [-0.05, 0) is 35.3 Å². The monoisotopic (exact) mass is 487 g/mol. The molecule has 35 heavy (non-hydrogen) atoms. The molecular formula is C29H33N3O2S. The Labute approximate surface area is 213 Å². The van der Waals surface area contributed by atoms with Gasteiger partial charge in [-0.25, -0.2) is 0 Å². The first-order valence-corrected chi connectivity index (χ1v) is 12.6. The number of rotatable bonds is 8. The fraction of sp³-hybridized carbons (Fsp3) is 0.310. The summed E-state index contributed by atoms with van der Waals surface area (Å²) in [5.41, 5.74) is 3.54. The highest BCUT2D eigenvalue weighted by Gasteiger charge is 2.21. The zero-order valence-electron chi connectivity index (χ0n) is 20.0. The highest BCUT2D eigenvalue weighted by Crippen LogP contribution is 2.23. The Kier molecular flexibility index (Phi) is 9.26. The number of carbonyl (C=O) groups is 1. The van der Waals surface area contributed by atoms with Crippen LogP contribution < -0.4 is 5.32 Å². The first-order valence-electron chi connectivity index (χ1n) is 12.2. The summed E-state index contributed by atoms with van der Waals surface area (Å²) in [4.78, 5) is 16.7. The molecule has 1 saturated heterocycles. The van der Waals surface area contributed by atoms with Crippen molar-refractivity contribution in [1.82, 2.24) is 15.1 Å². The molecule has 0 unspecified atom stereocenters. The Morgan fingerprint density at radius 3 is 2.06 bits per heavy atom. The lowest BCUT2D eigenvalue weighted by Gasteiger charge is -2.27. The molecule has 6 heteroatoms. The number of ether oxygens (including phenoxy) is 1. The first-order chi connectivity index (χ1) is 17.2. The molecule has 0 aromatic heterocycles. The quantitative estimate of drug-likeness (QED) is 0.374. The number of benzene rings is 3. The largest absolute Gasteiger partial charge is 0.460 e. The van der Waals surface area contributed by atoms with Gasteiger partial charge in [-0.15, -0.1) is 0 Å². The standard InChI is InChI=1S/C29H33N3O2S/c33-28(34-23-24-11-4-1-5-12-24)22-31-17-10-18-32(20-19-31)29(35)30-21-27(25-13-6-2-7-14-25)26-15-8-3-9-16-26/h1-9,11-16,27H,10,17-23H2,(H,30,35). The minimum absolute atomic E-state index is 0.184. The Morgan fingerprint density at radius 1 is 0.829 bits per heavy atom. The van der Waals surface area contributed by atoms with E-state index in [4.69, 9.17) is 17.0 Å². The molecule has 3 aromatic rings. The zero-order valence-corrected chi connectivity index (χ0v) is 20.8. The number of hydrogen-bond acceptors (Lipinski definition) is 4. The normalized spacial score (nSPS) is 14.4. The van der Waals surface area contributed by atoms with Crippen LogP contribution in [0.4, 0.5) is 0 Å². The summed E-state index contributed by atoms with van der Waals surface area (Å²) in [6.45, 7) is 4.67. The van der Waals surface area contributed by atoms with Gasteiger partial charge in [0.15, 0.2) is 5.11 Å². The van der Waals surface area contributed by atoms with E-state index in [9.17, 15) is 4.79 Å². The highest BCUT2D eigenvalue weighted by atomic mass is 32.1. The van der Waals surface area contributed by atoms with Crippen molar-refractivity contribution in [2.24, 2.45) is 0 Å². The smallest absolute Gasteiger partial charge is 0.320 e. The minimum Gasteiger partial charge on any atom is -0.460 e. The molecule has 1 fully saturated rings. The molecule has 0 radical (unpaired) electrons. The van der Waals surface area contributed by atoms with Crippen LogP contribution in [0.15, 0.2) is 91.0 Å². The maximum absolute atomic E-state index is 12.3. The van der Waals surface area contributed by atoms with Crippen LogP contribution in [0.5, 0.6) is 0 Å². The van der Waals surface area contributed by atoms with Crippen LogP contribution in [0.2, 0.25) is 0 Å². The van der Waals surface area contributed by atoms with Crippen molar-refractivity contribution in [1.29, 1.82) is 0 Å². The lowest BCUT2D eigenvalue weighted by Crippen LogP contribution is -2.43. The van der Waals surface area contributed by atoms with Gasteiger partial charge in [-0.2, -0.15) is 0 Å². The Morgan fingerprint density at radius 2 is 1.43 bits per heavy atom. The number of nitrogens with one attached hydrogen (secondary N) is 1. The van der Waals surface area contributed by atoms with Gasteiger partial charge in [0, 0.05) is 38.6 Å². The second-order valence-corrected chi connectivity index (χ2v) is 9.21. The average Bonchev–Trinajstić information content (AvgIpc) is 3.15. The molecule has 1 N–H and O–H groups in total. The number of thiocarbonyl (C=S) groups is 1. The molecule has 3 aromatic carbocycles. The van der Waals surface area contributed by atoms with Crippen LogP contribution in [-0.4, -0.2) is 60.2 Å². The van der Waals surface area contributed by atoms with E-state index < -0.39 is 0 Å². The third-order valence-corrected chi connectivity index (χ3v) is 6.73. The van der Waals surface area contributed by atoms with Gasteiger partial charge >= 0.3 is 5.97 Å². The van der Waals surface area contributed by atoms with Crippen molar-refractivity contribution in [2.75, 3.05) is 39.3 Å². The summed E-state index contributed by atoms with van der Waals surface area (Å²) in [5.74, 6) is 0.0368. The SMILES string of the molecule is O=C(CN1CCCN(C(=S)NCC(c2ccccc2)c2ccccc2)CC1)OCc1ccccc1. The number of nitrogens with zero attached hydrogens (tertiary/aromatic N) is 2. The van der Waals surface area contributed by atoms with Crippen molar-refractivity contribution in [3.8, 4) is 0 Å². The third kappa shape index (κ3) is 7.64. The van der Waals surface area contributed by atoms with E-state index in [0.717, 1.165) is 49.8 Å². The fourth-order valence-electron chi connectivity index (χ4n) is 4.40. The lowest BCUT2D eigenvalue weighted by atomic mass is 9.91. The van der Waals surface area contributed by atoms with Gasteiger partial charge in [-0.1, -0.05) is 91.0 Å². The van der Waals surface area contributed by atoms with Crippen LogP contribution in [0, 0.1) is 0 Å². The molecule has 0 aliphatic carbocycles. The summed E-state index contributed by atoms with van der Waals surface area (Å²) >= 11 is 5.78. The molecule has 0 atom stereocenters. The zero-order chi connectivity index (χ0) is 24.3. The Balaban J connectivity index is 1.26. The second-order valence-electron chi connectivity index (χ2n) is 8.82. The van der Waals surface area contributed by atoms with E-state index in [-0.39, 0.29) is 11.9 Å². The highest BCUT2D eigenvalue weighted by molar-refractivity contribution is 7.80. The van der Waals surface area contributed by atoms with Crippen molar-refractivity contribution in [3.05, 3.63) is 108 Å². The molecule has 5 nitrogen and oxygen atoms in total. The topological polar surface area (TPSA) is 44.8 Å². The van der Waals surface area contributed by atoms with E-state index in [1.807, 2.05) is 42.5 Å². The van der Waals surface area contributed by atoms with Gasteiger partial charge in [0.25, 0.3) is 0 Å². The van der Waals surface area contributed by atoms with Crippen molar-refractivity contribution >= 4 is 23.3 Å². The Bertz CT molecular complexity index is 1020. The maximum Gasteiger partial charge on any atom is 0.320 e. The average molecular weight is 488 g/mol. The van der Waals surface area contributed by atoms with Gasteiger partial charge < -0.3 is 15.0 Å². The minimum atomic E-state index is -0.184. The molecular weight excluding hydrogens is 454 g/mol. The van der Waals surface area contributed by atoms with E-state index in [2.05, 4.69) is 63.6 Å². The van der Waals surface area contributed by atoms with Crippen LogP contribution in [0.3, 0.4) is 0 Å². The predicted octanol–water partition coefficient (Wildman–Crippen LogP) is 4.44. The van der Waals surface area contributed by atoms with Crippen LogP contribution in [-0.2, 0) is 16.1 Å². The predicted molar refractivity (Wildman–Crippen MR) is 144 cm³/mol. The van der Waals surface area contributed by atoms with E-state index in [1.165, 1.54) is 11.1 Å². The number of carbonyl (C=O) groups excluding carboxylic acids is 1. The van der Waals surface area contributed by atoms with Crippen LogP contribution in [0.25, 0.3) is 0 Å². The first kappa shape index (κ1) is 24.9. The van der Waals surface area contributed by atoms with E-state index in [1.54, 1.807) is 0 Å². The molecule has 1 aliphatic heterocycles.